The molecule has 0 aliphatic rings. The summed E-state index contributed by atoms with van der Waals surface area (Å²) in [7, 11) is 1.64. The summed E-state index contributed by atoms with van der Waals surface area (Å²) in [4.78, 5) is 0. The lowest BCUT2D eigenvalue weighted by molar-refractivity contribution is 0.414. The molecule has 0 aromatic heterocycles. The van der Waals surface area contributed by atoms with Gasteiger partial charge in [0.15, 0.2) is 0 Å². The van der Waals surface area contributed by atoms with E-state index in [-0.39, 0.29) is 11.7 Å². The predicted octanol–water partition coefficient (Wildman–Crippen LogP) is 3.85. The Labute approximate surface area is 129 Å². The summed E-state index contributed by atoms with van der Waals surface area (Å²) in [6.07, 6.45) is 1.38. The fourth-order valence-corrected chi connectivity index (χ4v) is 2.54. The van der Waals surface area contributed by atoms with Crippen molar-refractivity contribution in [3.05, 3.63) is 64.4 Å². The topological polar surface area (TPSA) is 35.2 Å². The Morgan fingerprint density at radius 2 is 1.86 bits per heavy atom. The Bertz CT molecular complexity index is 586. The van der Waals surface area contributed by atoms with Gasteiger partial charge in [-0.1, -0.05) is 23.7 Å². The van der Waals surface area contributed by atoms with Crippen molar-refractivity contribution in [3.8, 4) is 5.75 Å². The Balaban J connectivity index is 2.07. The number of methoxy groups -OCH3 is 1. The molecule has 4 heteroatoms. The first-order valence-electron chi connectivity index (χ1n) is 6.89. The molecule has 0 amide bonds. The lowest BCUT2D eigenvalue weighted by atomic mass is 9.92. The van der Waals surface area contributed by atoms with Crippen LogP contribution in [0.2, 0.25) is 5.02 Å². The van der Waals surface area contributed by atoms with Crippen LogP contribution in [0.5, 0.6) is 5.75 Å². The average Bonchev–Trinajstić information content (AvgIpc) is 2.51. The average molecular weight is 308 g/mol. The minimum absolute atomic E-state index is 0.173. The molecule has 1 unspecified atom stereocenters. The molecule has 1 atom stereocenters. The maximum absolute atomic E-state index is 13.8. The van der Waals surface area contributed by atoms with Gasteiger partial charge in [0.05, 0.1) is 7.11 Å². The molecule has 0 fully saturated rings. The molecule has 0 aliphatic carbocycles. The van der Waals surface area contributed by atoms with Crippen LogP contribution in [-0.2, 0) is 12.8 Å². The first kappa shape index (κ1) is 15.8. The molecule has 0 bridgehead atoms. The molecule has 0 saturated carbocycles. The van der Waals surface area contributed by atoms with E-state index in [0.717, 1.165) is 17.7 Å². The first-order chi connectivity index (χ1) is 10.1. The summed E-state index contributed by atoms with van der Waals surface area (Å²) in [6.45, 7) is 0.498. The van der Waals surface area contributed by atoms with Gasteiger partial charge in [0.2, 0.25) is 0 Å². The van der Waals surface area contributed by atoms with Crippen LogP contribution in [0, 0.1) is 11.7 Å². The van der Waals surface area contributed by atoms with Gasteiger partial charge in [-0.2, -0.15) is 0 Å². The minimum Gasteiger partial charge on any atom is -0.497 e. The maximum Gasteiger partial charge on any atom is 0.126 e. The normalized spacial score (nSPS) is 12.2. The molecule has 2 aromatic carbocycles. The van der Waals surface area contributed by atoms with E-state index in [1.807, 2.05) is 24.3 Å². The summed E-state index contributed by atoms with van der Waals surface area (Å²) in [6, 6.07) is 12.5. The molecule has 0 radical (unpaired) electrons. The number of halogens is 2. The Kier molecular flexibility index (Phi) is 5.59. The third-order valence-electron chi connectivity index (χ3n) is 3.53. The van der Waals surface area contributed by atoms with Crippen molar-refractivity contribution in [2.45, 2.75) is 12.8 Å². The van der Waals surface area contributed by atoms with E-state index in [4.69, 9.17) is 22.1 Å². The Morgan fingerprint density at radius 1 is 1.14 bits per heavy atom. The molecule has 112 valence electrons. The second kappa shape index (κ2) is 7.43. The summed E-state index contributed by atoms with van der Waals surface area (Å²) >= 11 is 5.93. The minimum atomic E-state index is -0.229. The van der Waals surface area contributed by atoms with E-state index in [1.165, 1.54) is 6.07 Å². The highest BCUT2D eigenvalue weighted by Crippen LogP contribution is 2.21. The van der Waals surface area contributed by atoms with E-state index < -0.39 is 0 Å². The number of benzene rings is 2. The Morgan fingerprint density at radius 3 is 2.48 bits per heavy atom. The number of hydrogen-bond acceptors (Lipinski definition) is 2. The van der Waals surface area contributed by atoms with Gasteiger partial charge in [-0.3, -0.25) is 0 Å². The maximum atomic E-state index is 13.8. The molecule has 2 nitrogen and oxygen atoms in total. The lowest BCUT2D eigenvalue weighted by Gasteiger charge is -2.16. The predicted molar refractivity (Wildman–Crippen MR) is 84.4 cm³/mol. The van der Waals surface area contributed by atoms with Gasteiger partial charge in [0.1, 0.15) is 11.6 Å². The smallest absolute Gasteiger partial charge is 0.126 e. The highest BCUT2D eigenvalue weighted by Gasteiger charge is 2.12. The van der Waals surface area contributed by atoms with Crippen LogP contribution in [0.25, 0.3) is 0 Å². The number of nitrogens with two attached hydrogens (primary N) is 1. The van der Waals surface area contributed by atoms with Crippen LogP contribution >= 0.6 is 11.6 Å². The third kappa shape index (κ3) is 4.45. The van der Waals surface area contributed by atoms with E-state index in [1.54, 1.807) is 19.2 Å². The molecule has 0 spiro atoms. The van der Waals surface area contributed by atoms with E-state index in [2.05, 4.69) is 0 Å². The molecular formula is C17H19ClFNO. The lowest BCUT2D eigenvalue weighted by Crippen LogP contribution is -2.20. The zero-order valence-corrected chi connectivity index (χ0v) is 12.7. The second-order valence-electron chi connectivity index (χ2n) is 5.09. The van der Waals surface area contributed by atoms with Gasteiger partial charge in [-0.15, -0.1) is 0 Å². The molecule has 0 aliphatic heterocycles. The van der Waals surface area contributed by atoms with Gasteiger partial charge in [-0.25, -0.2) is 4.39 Å². The number of hydrogen-bond donors (Lipinski definition) is 1. The van der Waals surface area contributed by atoms with E-state index >= 15 is 0 Å². The van der Waals surface area contributed by atoms with E-state index in [0.29, 0.717) is 23.6 Å². The van der Waals surface area contributed by atoms with Crippen molar-refractivity contribution in [2.24, 2.45) is 11.7 Å². The van der Waals surface area contributed by atoms with Crippen LogP contribution in [0.15, 0.2) is 42.5 Å². The molecule has 0 saturated heterocycles. The SMILES string of the molecule is COc1ccc(CC(CN)Cc2cc(Cl)ccc2F)cc1. The summed E-state index contributed by atoms with van der Waals surface area (Å²) in [5.74, 6) is 0.767. The van der Waals surface area contributed by atoms with Gasteiger partial charge in [0.25, 0.3) is 0 Å². The van der Waals surface area contributed by atoms with Crippen LogP contribution < -0.4 is 10.5 Å². The highest BCUT2D eigenvalue weighted by molar-refractivity contribution is 6.30. The van der Waals surface area contributed by atoms with Crippen LogP contribution in [-0.4, -0.2) is 13.7 Å². The quantitative estimate of drug-likeness (QED) is 0.880. The fourth-order valence-electron chi connectivity index (χ4n) is 2.34. The zero-order valence-electron chi connectivity index (χ0n) is 12.0. The third-order valence-corrected chi connectivity index (χ3v) is 3.77. The largest absolute Gasteiger partial charge is 0.497 e. The highest BCUT2D eigenvalue weighted by atomic mass is 35.5. The standard InChI is InChI=1S/C17H19ClFNO/c1-21-16-5-2-12(3-6-16)8-13(11-20)9-14-10-15(18)4-7-17(14)19/h2-7,10,13H,8-9,11,20H2,1H3. The molecular weight excluding hydrogens is 289 g/mol. The van der Waals surface area contributed by atoms with Crippen molar-refractivity contribution in [1.82, 2.24) is 0 Å². The van der Waals surface area contributed by atoms with Gasteiger partial charge < -0.3 is 10.5 Å². The molecule has 2 N–H and O–H groups in total. The van der Waals surface area contributed by atoms with Crippen LogP contribution in [0.4, 0.5) is 4.39 Å². The van der Waals surface area contributed by atoms with Crippen molar-refractivity contribution in [1.29, 1.82) is 0 Å². The van der Waals surface area contributed by atoms with E-state index in [9.17, 15) is 4.39 Å². The van der Waals surface area contributed by atoms with Gasteiger partial charge in [-0.05, 0) is 66.8 Å². The summed E-state index contributed by atoms with van der Waals surface area (Å²) < 4.78 is 18.9. The fraction of sp³-hybridized carbons (Fsp3) is 0.294. The monoisotopic (exact) mass is 307 g/mol. The van der Waals surface area contributed by atoms with Crippen molar-refractivity contribution in [3.63, 3.8) is 0 Å². The van der Waals surface area contributed by atoms with Crippen molar-refractivity contribution >= 4 is 11.6 Å². The van der Waals surface area contributed by atoms with Gasteiger partial charge >= 0.3 is 0 Å². The Hall–Kier alpha value is -1.58. The molecule has 0 heterocycles. The number of ether oxygens (including phenoxy) is 1. The van der Waals surface area contributed by atoms with Gasteiger partial charge in [0, 0.05) is 5.02 Å². The summed E-state index contributed by atoms with van der Waals surface area (Å²) in [5, 5.41) is 0.548. The second-order valence-corrected chi connectivity index (χ2v) is 5.53. The molecule has 2 rings (SSSR count). The van der Waals surface area contributed by atoms with Crippen LogP contribution in [0.3, 0.4) is 0 Å². The van der Waals surface area contributed by atoms with Crippen LogP contribution in [0.1, 0.15) is 11.1 Å². The van der Waals surface area contributed by atoms with Crippen molar-refractivity contribution in [2.75, 3.05) is 13.7 Å². The van der Waals surface area contributed by atoms with Crippen molar-refractivity contribution < 1.29 is 9.13 Å². The summed E-state index contributed by atoms with van der Waals surface area (Å²) in [5.41, 5.74) is 7.61. The zero-order chi connectivity index (χ0) is 15.2. The molecule has 21 heavy (non-hydrogen) atoms. The first-order valence-corrected chi connectivity index (χ1v) is 7.27. The molecule has 2 aromatic rings. The number of rotatable bonds is 6.